The molecule has 0 aromatic carbocycles. The predicted molar refractivity (Wildman–Crippen MR) is 62.4 cm³/mol. The van der Waals surface area contributed by atoms with Crippen LogP contribution in [-0.2, 0) is 10.0 Å². The average Bonchev–Trinajstić information content (AvgIpc) is 2.26. The molecule has 1 aromatic heterocycles. The Kier molecular flexibility index (Phi) is 3.83. The van der Waals surface area contributed by atoms with E-state index in [-0.39, 0.29) is 17.1 Å². The first-order chi connectivity index (χ1) is 7.76. The quantitative estimate of drug-likeness (QED) is 0.784. The van der Waals surface area contributed by atoms with Gasteiger partial charge in [0.2, 0.25) is 10.0 Å². The molecule has 0 amide bonds. The Morgan fingerprint density at radius 2 is 2.24 bits per heavy atom. The number of sulfonamides is 1. The second-order valence-corrected chi connectivity index (χ2v) is 6.01. The molecule has 1 rings (SSSR count). The number of aromatic nitrogens is 1. The van der Waals surface area contributed by atoms with Crippen molar-refractivity contribution in [2.45, 2.75) is 24.3 Å². The fourth-order valence-electron chi connectivity index (χ4n) is 1.05. The third-order valence-electron chi connectivity index (χ3n) is 1.88. The molecule has 0 aliphatic heterocycles. The van der Waals surface area contributed by atoms with Crippen molar-refractivity contribution in [1.82, 2.24) is 9.71 Å². The topological polar surface area (TPSA) is 109 Å². The Morgan fingerprint density at radius 3 is 2.76 bits per heavy atom. The molecule has 3 N–H and O–H groups in total. The molecule has 0 saturated heterocycles. The predicted octanol–water partition coefficient (Wildman–Crippen LogP) is -0.0311. The Hall–Kier alpha value is -1.49. The first kappa shape index (κ1) is 13.6. The minimum absolute atomic E-state index is 0.0785. The van der Waals surface area contributed by atoms with Gasteiger partial charge in [0, 0.05) is 18.3 Å². The summed E-state index contributed by atoms with van der Waals surface area (Å²) in [7, 11) is -3.75. The zero-order valence-electron chi connectivity index (χ0n) is 9.64. The van der Waals surface area contributed by atoms with Gasteiger partial charge >= 0.3 is 0 Å². The van der Waals surface area contributed by atoms with Crippen LogP contribution in [0.25, 0.3) is 0 Å². The van der Waals surface area contributed by atoms with Gasteiger partial charge in [-0.15, -0.1) is 0 Å². The van der Waals surface area contributed by atoms with Gasteiger partial charge in [0.25, 0.3) is 0 Å². The first-order valence-electron chi connectivity index (χ1n) is 4.90. The third kappa shape index (κ3) is 3.78. The summed E-state index contributed by atoms with van der Waals surface area (Å²) in [6, 6.07) is 4.53. The zero-order valence-corrected chi connectivity index (χ0v) is 10.5. The molecule has 0 fully saturated rings. The number of nitrogens with two attached hydrogens (primary N) is 1. The van der Waals surface area contributed by atoms with E-state index in [1.54, 1.807) is 19.9 Å². The summed E-state index contributed by atoms with van der Waals surface area (Å²) in [5.41, 5.74) is 4.89. The number of hydrogen-bond acceptors (Lipinski definition) is 5. The van der Waals surface area contributed by atoms with Gasteiger partial charge in [0.1, 0.15) is 11.0 Å². The van der Waals surface area contributed by atoms with Crippen molar-refractivity contribution in [1.29, 1.82) is 5.26 Å². The molecule has 0 bridgehead atoms. The van der Waals surface area contributed by atoms with Gasteiger partial charge in [-0.05, 0) is 26.0 Å². The lowest BCUT2D eigenvalue weighted by Crippen LogP contribution is -2.45. The molecule has 7 heteroatoms. The standard InChI is InChI=1S/C10H14N4O2S/c1-10(2,12)7-14-17(15,16)9-4-3-5-13-8(9)6-11/h3-5,14H,7,12H2,1-2H3. The van der Waals surface area contributed by atoms with E-state index in [0.29, 0.717) is 0 Å². The molecule has 1 heterocycles. The van der Waals surface area contributed by atoms with E-state index in [1.807, 2.05) is 0 Å². The molecule has 92 valence electrons. The van der Waals surface area contributed by atoms with Crippen LogP contribution < -0.4 is 10.5 Å². The van der Waals surface area contributed by atoms with Crippen molar-refractivity contribution in [2.75, 3.05) is 6.54 Å². The first-order valence-corrected chi connectivity index (χ1v) is 6.38. The third-order valence-corrected chi connectivity index (χ3v) is 3.32. The van der Waals surface area contributed by atoms with E-state index in [2.05, 4.69) is 9.71 Å². The molecule has 0 unspecified atom stereocenters. The molecule has 0 aliphatic carbocycles. The molecule has 0 spiro atoms. The average molecular weight is 254 g/mol. The van der Waals surface area contributed by atoms with Crippen LogP contribution in [0.2, 0.25) is 0 Å². The van der Waals surface area contributed by atoms with Gasteiger partial charge in [0.05, 0.1) is 0 Å². The van der Waals surface area contributed by atoms with E-state index < -0.39 is 15.6 Å². The fourth-order valence-corrected chi connectivity index (χ4v) is 2.38. The molecule has 0 aliphatic rings. The second kappa shape index (κ2) is 4.79. The van der Waals surface area contributed by atoms with Crippen LogP contribution in [0.5, 0.6) is 0 Å². The fraction of sp³-hybridized carbons (Fsp3) is 0.400. The van der Waals surface area contributed by atoms with E-state index in [1.165, 1.54) is 18.3 Å². The monoisotopic (exact) mass is 254 g/mol. The van der Waals surface area contributed by atoms with E-state index in [0.717, 1.165) is 0 Å². The van der Waals surface area contributed by atoms with Crippen molar-refractivity contribution >= 4 is 10.0 Å². The lowest BCUT2D eigenvalue weighted by molar-refractivity contribution is 0.497. The van der Waals surface area contributed by atoms with Gasteiger partial charge in [-0.25, -0.2) is 18.1 Å². The molecule has 17 heavy (non-hydrogen) atoms. The number of nitriles is 1. The summed E-state index contributed by atoms with van der Waals surface area (Å²) in [6.07, 6.45) is 1.37. The van der Waals surface area contributed by atoms with Gasteiger partial charge < -0.3 is 5.73 Å². The highest BCUT2D eigenvalue weighted by atomic mass is 32.2. The molecule has 0 atom stereocenters. The van der Waals surface area contributed by atoms with Crippen LogP contribution in [-0.4, -0.2) is 25.5 Å². The zero-order chi connectivity index (χ0) is 13.1. The van der Waals surface area contributed by atoms with Gasteiger partial charge in [-0.2, -0.15) is 5.26 Å². The van der Waals surface area contributed by atoms with Crippen LogP contribution in [0.4, 0.5) is 0 Å². The molecule has 6 nitrogen and oxygen atoms in total. The highest BCUT2D eigenvalue weighted by Gasteiger charge is 2.21. The maximum atomic E-state index is 11.9. The Morgan fingerprint density at radius 1 is 1.59 bits per heavy atom. The van der Waals surface area contributed by atoms with Crippen LogP contribution in [0.1, 0.15) is 19.5 Å². The lowest BCUT2D eigenvalue weighted by Gasteiger charge is -2.19. The van der Waals surface area contributed by atoms with Gasteiger partial charge in [-0.3, -0.25) is 0 Å². The Bertz CT molecular complexity index is 540. The van der Waals surface area contributed by atoms with E-state index in [4.69, 9.17) is 11.0 Å². The summed E-state index contributed by atoms with van der Waals surface area (Å²) < 4.78 is 26.1. The Balaban J connectivity index is 3.03. The van der Waals surface area contributed by atoms with Crippen molar-refractivity contribution in [3.8, 4) is 6.07 Å². The van der Waals surface area contributed by atoms with E-state index in [9.17, 15) is 8.42 Å². The molecule has 1 aromatic rings. The van der Waals surface area contributed by atoms with Crippen LogP contribution in [0.15, 0.2) is 23.2 Å². The molecular weight excluding hydrogens is 240 g/mol. The van der Waals surface area contributed by atoms with Crippen molar-refractivity contribution in [3.63, 3.8) is 0 Å². The van der Waals surface area contributed by atoms with Crippen molar-refractivity contribution in [3.05, 3.63) is 24.0 Å². The van der Waals surface area contributed by atoms with Crippen molar-refractivity contribution < 1.29 is 8.42 Å². The summed E-state index contributed by atoms with van der Waals surface area (Å²) in [4.78, 5) is 3.56. The van der Waals surface area contributed by atoms with Gasteiger partial charge in [-0.1, -0.05) is 0 Å². The highest BCUT2D eigenvalue weighted by Crippen LogP contribution is 2.12. The number of nitrogens with one attached hydrogen (secondary N) is 1. The smallest absolute Gasteiger partial charge is 0.243 e. The van der Waals surface area contributed by atoms with E-state index >= 15 is 0 Å². The summed E-state index contributed by atoms with van der Waals surface area (Å²) in [5.74, 6) is 0. The number of pyridine rings is 1. The van der Waals surface area contributed by atoms with Crippen molar-refractivity contribution in [2.24, 2.45) is 5.73 Å². The minimum Gasteiger partial charge on any atom is -0.324 e. The van der Waals surface area contributed by atoms with Gasteiger partial charge in [0.15, 0.2) is 5.69 Å². The highest BCUT2D eigenvalue weighted by molar-refractivity contribution is 7.89. The largest absolute Gasteiger partial charge is 0.324 e. The lowest BCUT2D eigenvalue weighted by atomic mass is 10.1. The Labute approximate surface area is 101 Å². The number of rotatable bonds is 4. The molecule has 0 saturated carbocycles. The maximum Gasteiger partial charge on any atom is 0.243 e. The van der Waals surface area contributed by atoms with Crippen LogP contribution >= 0.6 is 0 Å². The van der Waals surface area contributed by atoms with Crippen LogP contribution in [0, 0.1) is 11.3 Å². The number of hydrogen-bond donors (Lipinski definition) is 2. The SMILES string of the molecule is CC(C)(N)CNS(=O)(=O)c1cccnc1C#N. The number of nitrogens with zero attached hydrogens (tertiary/aromatic N) is 2. The summed E-state index contributed by atoms with van der Waals surface area (Å²) >= 11 is 0. The second-order valence-electron chi connectivity index (χ2n) is 4.28. The summed E-state index contributed by atoms with van der Waals surface area (Å²) in [5, 5.41) is 8.78. The molecule has 0 radical (unpaired) electrons. The summed E-state index contributed by atoms with van der Waals surface area (Å²) in [6.45, 7) is 3.48. The molecular formula is C10H14N4O2S. The van der Waals surface area contributed by atoms with Crippen LogP contribution in [0.3, 0.4) is 0 Å². The normalized spacial score (nSPS) is 12.1. The minimum atomic E-state index is -3.75. The maximum absolute atomic E-state index is 11.9.